The SMILES string of the molecule is COc1cc(C(C)NC(=O)CCCCC(=O)O)ccc1OC1CCCC1. The molecule has 1 aliphatic rings. The number of amides is 1. The lowest BCUT2D eigenvalue weighted by Crippen LogP contribution is -2.26. The molecule has 1 saturated carbocycles. The van der Waals surface area contributed by atoms with E-state index in [-0.39, 0.29) is 24.5 Å². The van der Waals surface area contributed by atoms with Crippen LogP contribution in [0.4, 0.5) is 0 Å². The normalized spacial score (nSPS) is 15.5. The number of hydrogen-bond acceptors (Lipinski definition) is 4. The molecule has 0 heterocycles. The Hall–Kier alpha value is -2.24. The van der Waals surface area contributed by atoms with E-state index in [9.17, 15) is 9.59 Å². The van der Waals surface area contributed by atoms with E-state index in [1.165, 1.54) is 12.8 Å². The smallest absolute Gasteiger partial charge is 0.303 e. The molecule has 2 N–H and O–H groups in total. The monoisotopic (exact) mass is 363 g/mol. The van der Waals surface area contributed by atoms with Crippen molar-refractivity contribution >= 4 is 11.9 Å². The summed E-state index contributed by atoms with van der Waals surface area (Å²) in [5.74, 6) is 0.520. The highest BCUT2D eigenvalue weighted by Crippen LogP contribution is 2.33. The Bertz CT molecular complexity index is 610. The second-order valence-corrected chi connectivity index (χ2v) is 6.82. The number of hydrogen-bond donors (Lipinski definition) is 2. The molecule has 26 heavy (non-hydrogen) atoms. The molecule has 0 bridgehead atoms. The van der Waals surface area contributed by atoms with Crippen molar-refractivity contribution in [2.45, 2.75) is 70.4 Å². The number of carboxylic acids is 1. The Balaban J connectivity index is 1.88. The summed E-state index contributed by atoms with van der Waals surface area (Å²) in [6.45, 7) is 1.92. The maximum atomic E-state index is 12.0. The zero-order chi connectivity index (χ0) is 18.9. The number of unbranched alkanes of at least 4 members (excludes halogenated alkanes) is 1. The van der Waals surface area contributed by atoms with Crippen molar-refractivity contribution in [3.63, 3.8) is 0 Å². The second-order valence-electron chi connectivity index (χ2n) is 6.82. The fourth-order valence-corrected chi connectivity index (χ4v) is 3.20. The van der Waals surface area contributed by atoms with Crippen molar-refractivity contribution in [2.24, 2.45) is 0 Å². The molecule has 1 atom stereocenters. The van der Waals surface area contributed by atoms with Crippen molar-refractivity contribution < 1.29 is 24.2 Å². The van der Waals surface area contributed by atoms with E-state index < -0.39 is 5.97 Å². The van der Waals surface area contributed by atoms with Gasteiger partial charge in [-0.25, -0.2) is 0 Å². The fourth-order valence-electron chi connectivity index (χ4n) is 3.20. The molecule has 2 rings (SSSR count). The molecule has 0 radical (unpaired) electrons. The summed E-state index contributed by atoms with van der Waals surface area (Å²) in [5, 5.41) is 11.6. The van der Waals surface area contributed by atoms with Gasteiger partial charge in [0.25, 0.3) is 0 Å². The van der Waals surface area contributed by atoms with Gasteiger partial charge in [-0.15, -0.1) is 0 Å². The van der Waals surface area contributed by atoms with Crippen LogP contribution in [0.25, 0.3) is 0 Å². The van der Waals surface area contributed by atoms with Crippen molar-refractivity contribution in [3.05, 3.63) is 23.8 Å². The number of carbonyl (C=O) groups is 2. The quantitative estimate of drug-likeness (QED) is 0.617. The van der Waals surface area contributed by atoms with E-state index >= 15 is 0 Å². The summed E-state index contributed by atoms with van der Waals surface area (Å²) >= 11 is 0. The first-order valence-electron chi connectivity index (χ1n) is 9.35. The Morgan fingerprint density at radius 3 is 2.54 bits per heavy atom. The third-order valence-electron chi connectivity index (χ3n) is 4.71. The van der Waals surface area contributed by atoms with Gasteiger partial charge in [0.05, 0.1) is 19.3 Å². The first kappa shape index (κ1) is 20.1. The summed E-state index contributed by atoms with van der Waals surface area (Å²) in [7, 11) is 1.62. The molecule has 0 spiro atoms. The number of carboxylic acid groups (broad SMARTS) is 1. The molecule has 1 amide bonds. The van der Waals surface area contributed by atoms with Gasteiger partial charge in [0.15, 0.2) is 11.5 Å². The van der Waals surface area contributed by atoms with E-state index in [1.807, 2.05) is 25.1 Å². The first-order chi connectivity index (χ1) is 12.5. The summed E-state index contributed by atoms with van der Waals surface area (Å²) < 4.78 is 11.5. The van der Waals surface area contributed by atoms with Gasteiger partial charge in [0, 0.05) is 12.8 Å². The number of carbonyl (C=O) groups excluding carboxylic acids is 1. The largest absolute Gasteiger partial charge is 0.493 e. The first-order valence-corrected chi connectivity index (χ1v) is 9.35. The zero-order valence-corrected chi connectivity index (χ0v) is 15.6. The highest BCUT2D eigenvalue weighted by Gasteiger charge is 2.19. The number of methoxy groups -OCH3 is 1. The van der Waals surface area contributed by atoms with Gasteiger partial charge in [0.2, 0.25) is 5.91 Å². The van der Waals surface area contributed by atoms with Crippen molar-refractivity contribution in [1.82, 2.24) is 5.32 Å². The Labute approximate surface area is 154 Å². The van der Waals surface area contributed by atoms with Gasteiger partial charge in [-0.3, -0.25) is 9.59 Å². The van der Waals surface area contributed by atoms with Crippen LogP contribution in [0.5, 0.6) is 11.5 Å². The van der Waals surface area contributed by atoms with Crippen LogP contribution in [0.3, 0.4) is 0 Å². The molecule has 1 aromatic rings. The molecule has 6 heteroatoms. The van der Waals surface area contributed by atoms with Crippen molar-refractivity contribution in [2.75, 3.05) is 7.11 Å². The molecule has 1 aliphatic carbocycles. The maximum Gasteiger partial charge on any atom is 0.303 e. The van der Waals surface area contributed by atoms with Crippen LogP contribution in [-0.2, 0) is 9.59 Å². The van der Waals surface area contributed by atoms with Crippen LogP contribution in [-0.4, -0.2) is 30.2 Å². The molecule has 1 aromatic carbocycles. The second kappa shape index (κ2) is 10.0. The molecule has 0 aromatic heterocycles. The average molecular weight is 363 g/mol. The highest BCUT2D eigenvalue weighted by molar-refractivity contribution is 5.76. The van der Waals surface area contributed by atoms with Crippen LogP contribution >= 0.6 is 0 Å². The molecule has 1 fully saturated rings. The molecular formula is C20H29NO5. The van der Waals surface area contributed by atoms with Crippen LogP contribution in [0.2, 0.25) is 0 Å². The van der Waals surface area contributed by atoms with Crippen LogP contribution in [0.15, 0.2) is 18.2 Å². The number of nitrogens with one attached hydrogen (secondary N) is 1. The minimum absolute atomic E-state index is 0.0758. The highest BCUT2D eigenvalue weighted by atomic mass is 16.5. The molecule has 6 nitrogen and oxygen atoms in total. The number of benzene rings is 1. The van der Waals surface area contributed by atoms with Crippen molar-refractivity contribution in [1.29, 1.82) is 0 Å². The molecular weight excluding hydrogens is 334 g/mol. The Morgan fingerprint density at radius 2 is 1.88 bits per heavy atom. The van der Waals surface area contributed by atoms with Gasteiger partial charge in [0.1, 0.15) is 0 Å². The summed E-state index contributed by atoms with van der Waals surface area (Å²) in [6, 6.07) is 5.60. The van der Waals surface area contributed by atoms with Gasteiger partial charge < -0.3 is 19.9 Å². The van der Waals surface area contributed by atoms with E-state index in [0.717, 1.165) is 24.2 Å². The minimum Gasteiger partial charge on any atom is -0.493 e. The van der Waals surface area contributed by atoms with Gasteiger partial charge in [-0.2, -0.15) is 0 Å². The van der Waals surface area contributed by atoms with Gasteiger partial charge in [-0.1, -0.05) is 6.07 Å². The third-order valence-corrected chi connectivity index (χ3v) is 4.71. The fraction of sp³-hybridized carbons (Fsp3) is 0.600. The standard InChI is InChI=1S/C20H29NO5/c1-14(21-19(22)9-5-6-10-20(23)24)15-11-12-17(18(13-15)25-2)26-16-7-3-4-8-16/h11-14,16H,3-10H2,1-2H3,(H,21,22)(H,23,24). The maximum absolute atomic E-state index is 12.0. The Morgan fingerprint density at radius 1 is 1.19 bits per heavy atom. The van der Waals surface area contributed by atoms with Gasteiger partial charge >= 0.3 is 5.97 Å². The van der Waals surface area contributed by atoms with Crippen LogP contribution < -0.4 is 14.8 Å². The number of ether oxygens (including phenoxy) is 2. The zero-order valence-electron chi connectivity index (χ0n) is 15.6. The average Bonchev–Trinajstić information content (AvgIpc) is 3.12. The summed E-state index contributed by atoms with van der Waals surface area (Å²) in [5.41, 5.74) is 0.944. The molecule has 1 unspecified atom stereocenters. The van der Waals surface area contributed by atoms with Crippen LogP contribution in [0.1, 0.15) is 69.9 Å². The topological polar surface area (TPSA) is 84.9 Å². The molecule has 0 aliphatic heterocycles. The van der Waals surface area contributed by atoms with E-state index in [1.54, 1.807) is 7.11 Å². The minimum atomic E-state index is -0.828. The van der Waals surface area contributed by atoms with E-state index in [0.29, 0.717) is 25.0 Å². The lowest BCUT2D eigenvalue weighted by molar-refractivity contribution is -0.137. The molecule has 144 valence electrons. The van der Waals surface area contributed by atoms with E-state index in [2.05, 4.69) is 5.32 Å². The predicted octanol–water partition coefficient (Wildman–Crippen LogP) is 3.84. The van der Waals surface area contributed by atoms with Crippen LogP contribution in [0, 0.1) is 0 Å². The number of aliphatic carboxylic acids is 1. The summed E-state index contributed by atoms with van der Waals surface area (Å²) in [6.07, 6.45) is 6.36. The van der Waals surface area contributed by atoms with Crippen molar-refractivity contribution in [3.8, 4) is 11.5 Å². The third kappa shape index (κ3) is 6.24. The lowest BCUT2D eigenvalue weighted by atomic mass is 10.1. The molecule has 0 saturated heterocycles. The van der Waals surface area contributed by atoms with Gasteiger partial charge in [-0.05, 0) is 63.1 Å². The predicted molar refractivity (Wildman–Crippen MR) is 98.5 cm³/mol. The summed E-state index contributed by atoms with van der Waals surface area (Å²) in [4.78, 5) is 22.5. The van der Waals surface area contributed by atoms with E-state index in [4.69, 9.17) is 14.6 Å². The Kier molecular flexibility index (Phi) is 7.75. The lowest BCUT2D eigenvalue weighted by Gasteiger charge is -2.19. The number of rotatable bonds is 10.